The van der Waals surface area contributed by atoms with Gasteiger partial charge in [-0.1, -0.05) is 54.5 Å². The van der Waals surface area contributed by atoms with E-state index < -0.39 is 29.3 Å². The molecule has 0 bridgehead atoms. The molecule has 0 spiro atoms. The van der Waals surface area contributed by atoms with E-state index in [2.05, 4.69) is 16.6 Å². The highest BCUT2D eigenvalue weighted by Gasteiger charge is 2.45. The number of ether oxygens (including phenoxy) is 1. The van der Waals surface area contributed by atoms with Crippen molar-refractivity contribution in [2.45, 2.75) is 90.1 Å². The van der Waals surface area contributed by atoms with E-state index in [1.54, 1.807) is 37.8 Å². The summed E-state index contributed by atoms with van der Waals surface area (Å²) < 4.78 is 5.48. The summed E-state index contributed by atoms with van der Waals surface area (Å²) in [4.78, 5) is 42.6. The zero-order chi connectivity index (χ0) is 28.1. The maximum absolute atomic E-state index is 14.3. The third-order valence-corrected chi connectivity index (χ3v) is 5.90. The van der Waals surface area contributed by atoms with E-state index in [1.165, 1.54) is 0 Å². The molecule has 3 amide bonds. The molecular formula is C31H39N3O4. The van der Waals surface area contributed by atoms with Gasteiger partial charge in [-0.05, 0) is 71.6 Å². The van der Waals surface area contributed by atoms with Gasteiger partial charge >= 0.3 is 6.09 Å². The van der Waals surface area contributed by atoms with Crippen LogP contribution in [0.25, 0.3) is 0 Å². The van der Waals surface area contributed by atoms with Crippen LogP contribution in [0.4, 0.5) is 4.79 Å². The van der Waals surface area contributed by atoms with E-state index in [1.807, 2.05) is 63.2 Å². The van der Waals surface area contributed by atoms with E-state index in [9.17, 15) is 14.4 Å². The molecular weight excluding hydrogens is 478 g/mol. The zero-order valence-corrected chi connectivity index (χ0v) is 23.2. The van der Waals surface area contributed by atoms with Crippen LogP contribution in [0.2, 0.25) is 0 Å². The minimum Gasteiger partial charge on any atom is -0.444 e. The molecule has 1 saturated carbocycles. The number of terminal acetylenes is 1. The number of nitrogens with zero attached hydrogens (tertiary/aromatic N) is 1. The molecule has 0 heterocycles. The van der Waals surface area contributed by atoms with Gasteiger partial charge < -0.3 is 20.3 Å². The maximum atomic E-state index is 14.3. The smallest absolute Gasteiger partial charge is 0.408 e. The Bertz CT molecular complexity index is 1180. The number of nitrogens with one attached hydrogen (secondary N) is 2. The first-order valence-corrected chi connectivity index (χ1v) is 13.0. The summed E-state index contributed by atoms with van der Waals surface area (Å²) in [5.41, 5.74) is 0.725. The molecule has 1 aliphatic carbocycles. The van der Waals surface area contributed by atoms with Crippen LogP contribution in [0.15, 0.2) is 54.6 Å². The summed E-state index contributed by atoms with van der Waals surface area (Å²) >= 11 is 0. The summed E-state index contributed by atoms with van der Waals surface area (Å²) in [6.45, 7) is 11.0. The van der Waals surface area contributed by atoms with Crippen LogP contribution < -0.4 is 10.6 Å². The Labute approximate surface area is 226 Å². The van der Waals surface area contributed by atoms with Crippen LogP contribution in [-0.2, 0) is 20.7 Å². The van der Waals surface area contributed by atoms with Crippen LogP contribution in [-0.4, -0.2) is 46.0 Å². The molecule has 7 heteroatoms. The standard InChI is InChI=1S/C31H39N3O4/c1-8-22-16-12-13-17-24(22)26(27(35)33-30(2,3)4)34(23-18-19-23)28(36)25(20-21-14-10-9-11-15-21)32-29(37)38-31(5,6)7/h1,9-17,23,25-26H,18-20H2,2-7H3,(H,32,37)(H,33,35). The SMILES string of the molecule is C#Cc1ccccc1C(C(=O)NC(C)(C)C)N(C(=O)C(Cc1ccccc1)NC(=O)OC(C)(C)C)C1CC1. The first kappa shape index (κ1) is 28.8. The molecule has 38 heavy (non-hydrogen) atoms. The second-order valence-electron chi connectivity index (χ2n) is 11.7. The molecule has 1 aliphatic rings. The van der Waals surface area contributed by atoms with Crippen molar-refractivity contribution in [1.82, 2.24) is 15.5 Å². The molecule has 2 atom stereocenters. The van der Waals surface area contributed by atoms with Gasteiger partial charge in [-0.2, -0.15) is 0 Å². The predicted octanol–water partition coefficient (Wildman–Crippen LogP) is 4.75. The lowest BCUT2D eigenvalue weighted by Gasteiger charge is -2.36. The predicted molar refractivity (Wildman–Crippen MR) is 148 cm³/mol. The number of carbonyl (C=O) groups excluding carboxylic acids is 3. The van der Waals surface area contributed by atoms with Crippen molar-refractivity contribution in [3.63, 3.8) is 0 Å². The lowest BCUT2D eigenvalue weighted by Crippen LogP contribution is -2.56. The summed E-state index contributed by atoms with van der Waals surface area (Å²) in [5, 5.41) is 5.82. The molecule has 7 nitrogen and oxygen atoms in total. The highest BCUT2D eigenvalue weighted by Crippen LogP contribution is 2.37. The number of alkyl carbamates (subject to hydrolysis) is 1. The number of benzene rings is 2. The average Bonchev–Trinajstić information content (AvgIpc) is 3.65. The molecule has 2 N–H and O–H groups in total. The van der Waals surface area contributed by atoms with Crippen LogP contribution in [0.3, 0.4) is 0 Å². The van der Waals surface area contributed by atoms with Gasteiger partial charge in [-0.3, -0.25) is 9.59 Å². The van der Waals surface area contributed by atoms with E-state index in [-0.39, 0.29) is 24.3 Å². The fraction of sp³-hybridized carbons (Fsp3) is 0.452. The van der Waals surface area contributed by atoms with Crippen LogP contribution in [0.5, 0.6) is 0 Å². The highest BCUT2D eigenvalue weighted by molar-refractivity contribution is 5.93. The van der Waals surface area contributed by atoms with Gasteiger partial charge in [0.15, 0.2) is 0 Å². The van der Waals surface area contributed by atoms with Crippen molar-refractivity contribution >= 4 is 17.9 Å². The normalized spacial score (nSPS) is 15.0. The molecule has 2 aromatic rings. The number of hydrogen-bond acceptors (Lipinski definition) is 4. The Balaban J connectivity index is 2.06. The summed E-state index contributed by atoms with van der Waals surface area (Å²) in [5.74, 6) is 1.98. The molecule has 202 valence electrons. The van der Waals surface area contributed by atoms with Crippen molar-refractivity contribution in [3.8, 4) is 12.3 Å². The Morgan fingerprint density at radius 1 is 1.00 bits per heavy atom. The lowest BCUT2D eigenvalue weighted by atomic mass is 9.95. The molecule has 1 fully saturated rings. The number of amides is 3. The zero-order valence-electron chi connectivity index (χ0n) is 23.2. The monoisotopic (exact) mass is 517 g/mol. The molecule has 3 rings (SSSR count). The minimum absolute atomic E-state index is 0.150. The Hall–Kier alpha value is -3.79. The molecule has 2 aromatic carbocycles. The topological polar surface area (TPSA) is 87.7 Å². The fourth-order valence-corrected chi connectivity index (χ4v) is 4.27. The summed E-state index contributed by atoms with van der Waals surface area (Å²) in [7, 11) is 0. The van der Waals surface area contributed by atoms with Crippen LogP contribution in [0.1, 0.15) is 77.1 Å². The van der Waals surface area contributed by atoms with Crippen LogP contribution in [0, 0.1) is 12.3 Å². The second-order valence-corrected chi connectivity index (χ2v) is 11.7. The lowest BCUT2D eigenvalue weighted by molar-refractivity contribution is -0.143. The van der Waals surface area contributed by atoms with Gasteiger partial charge in [0.2, 0.25) is 11.8 Å². The molecule has 0 saturated heterocycles. The van der Waals surface area contributed by atoms with Crippen molar-refractivity contribution in [3.05, 3.63) is 71.3 Å². The van der Waals surface area contributed by atoms with E-state index in [0.29, 0.717) is 11.1 Å². The minimum atomic E-state index is -0.958. The molecule has 0 radical (unpaired) electrons. The highest BCUT2D eigenvalue weighted by atomic mass is 16.6. The quantitative estimate of drug-likeness (QED) is 0.495. The Kier molecular flexibility index (Phi) is 8.88. The maximum Gasteiger partial charge on any atom is 0.408 e. The van der Waals surface area contributed by atoms with Crippen molar-refractivity contribution in [1.29, 1.82) is 0 Å². The molecule has 0 aliphatic heterocycles. The van der Waals surface area contributed by atoms with Gasteiger partial charge in [-0.25, -0.2) is 4.79 Å². The van der Waals surface area contributed by atoms with E-state index >= 15 is 0 Å². The van der Waals surface area contributed by atoms with Crippen molar-refractivity contribution in [2.24, 2.45) is 0 Å². The van der Waals surface area contributed by atoms with Gasteiger partial charge in [-0.15, -0.1) is 6.42 Å². The number of carbonyl (C=O) groups is 3. The summed E-state index contributed by atoms with van der Waals surface area (Å²) in [6, 6.07) is 14.6. The van der Waals surface area contributed by atoms with Gasteiger partial charge in [0.1, 0.15) is 17.7 Å². The van der Waals surface area contributed by atoms with Gasteiger partial charge in [0.25, 0.3) is 0 Å². The van der Waals surface area contributed by atoms with Gasteiger partial charge in [0, 0.05) is 23.6 Å². The third-order valence-electron chi connectivity index (χ3n) is 5.90. The second kappa shape index (κ2) is 11.7. The fourth-order valence-electron chi connectivity index (χ4n) is 4.27. The number of rotatable bonds is 8. The van der Waals surface area contributed by atoms with Crippen molar-refractivity contribution in [2.75, 3.05) is 0 Å². The Morgan fingerprint density at radius 3 is 2.16 bits per heavy atom. The Morgan fingerprint density at radius 2 is 1.61 bits per heavy atom. The largest absolute Gasteiger partial charge is 0.444 e. The molecule has 0 aromatic heterocycles. The first-order valence-electron chi connectivity index (χ1n) is 13.0. The number of hydrogen-bond donors (Lipinski definition) is 2. The first-order chi connectivity index (χ1) is 17.8. The third kappa shape index (κ3) is 8.11. The molecule has 2 unspecified atom stereocenters. The van der Waals surface area contributed by atoms with Crippen LogP contribution >= 0.6 is 0 Å². The van der Waals surface area contributed by atoms with Gasteiger partial charge in [0.05, 0.1) is 0 Å². The average molecular weight is 518 g/mol. The van der Waals surface area contributed by atoms with E-state index in [4.69, 9.17) is 11.2 Å². The van der Waals surface area contributed by atoms with Crippen molar-refractivity contribution < 1.29 is 19.1 Å². The summed E-state index contributed by atoms with van der Waals surface area (Å²) in [6.07, 6.45) is 6.88. The van der Waals surface area contributed by atoms with E-state index in [0.717, 1.165) is 18.4 Å².